The quantitative estimate of drug-likeness (QED) is 0.0587. The van der Waals surface area contributed by atoms with Crippen molar-refractivity contribution in [3.63, 3.8) is 0 Å². The van der Waals surface area contributed by atoms with Crippen molar-refractivity contribution in [1.82, 2.24) is 0 Å². The predicted molar refractivity (Wildman–Crippen MR) is 124 cm³/mol. The average Bonchev–Trinajstić information content (AvgIpc) is 2.83. The van der Waals surface area contributed by atoms with Gasteiger partial charge in [-0.05, 0) is 44.9 Å². The molecule has 0 saturated heterocycles. The van der Waals surface area contributed by atoms with E-state index < -0.39 is 47.2 Å². The third-order valence-corrected chi connectivity index (χ3v) is 4.89. The van der Waals surface area contributed by atoms with Crippen LogP contribution in [0.5, 0.6) is 0 Å². The van der Waals surface area contributed by atoms with Gasteiger partial charge in [0.25, 0.3) is 0 Å². The first kappa shape index (κ1) is 29.3. The van der Waals surface area contributed by atoms with Crippen molar-refractivity contribution < 1.29 is 31.5 Å². The van der Waals surface area contributed by atoms with Crippen LogP contribution in [0.3, 0.4) is 0 Å². The molecule has 0 spiro atoms. The van der Waals surface area contributed by atoms with E-state index in [-0.39, 0.29) is 6.42 Å². The summed E-state index contributed by atoms with van der Waals surface area (Å²) in [7, 11) is 0. The molecule has 0 heterocycles. The van der Waals surface area contributed by atoms with Crippen molar-refractivity contribution in [3.05, 3.63) is 83.3 Å². The van der Waals surface area contributed by atoms with Crippen LogP contribution in [0.4, 0.5) is 22.0 Å². The molecule has 0 fully saturated rings. The van der Waals surface area contributed by atoms with Gasteiger partial charge in [-0.1, -0.05) is 68.4 Å². The maximum Gasteiger partial charge on any atom is 0.306 e. The Balaban J connectivity index is 2.15. The molecule has 1 aromatic carbocycles. The van der Waals surface area contributed by atoms with E-state index in [9.17, 15) is 26.7 Å². The predicted octanol–water partition coefficient (Wildman–Crippen LogP) is 8.57. The second-order valence-electron chi connectivity index (χ2n) is 7.69. The molecule has 1 rings (SSSR count). The summed E-state index contributed by atoms with van der Waals surface area (Å²) in [5.74, 6) is -11.1. The highest BCUT2D eigenvalue weighted by Gasteiger charge is 2.26. The van der Waals surface area contributed by atoms with E-state index in [4.69, 9.17) is 0 Å². The van der Waals surface area contributed by atoms with Gasteiger partial charge in [0.15, 0.2) is 23.3 Å². The topological polar surface area (TPSA) is 26.3 Å². The van der Waals surface area contributed by atoms with Crippen molar-refractivity contribution in [1.29, 1.82) is 0 Å². The van der Waals surface area contributed by atoms with E-state index in [1.807, 2.05) is 18.2 Å². The van der Waals surface area contributed by atoms with Gasteiger partial charge in [-0.25, -0.2) is 22.0 Å². The molecular formula is C27H33F5O2. The molecule has 0 aliphatic heterocycles. The Bertz CT molecular complexity index is 843. The molecule has 0 aliphatic carbocycles. The summed E-state index contributed by atoms with van der Waals surface area (Å²) in [6.07, 6.45) is 25.1. The molecule has 0 radical (unpaired) electrons. The number of carbonyl (C=O) groups excluding carboxylic acids is 1. The summed E-state index contributed by atoms with van der Waals surface area (Å²) in [4.78, 5) is 11.7. The lowest BCUT2D eigenvalue weighted by molar-refractivity contribution is -0.145. The fourth-order valence-corrected chi connectivity index (χ4v) is 2.93. The summed E-state index contributed by atoms with van der Waals surface area (Å²) >= 11 is 0. The van der Waals surface area contributed by atoms with Gasteiger partial charge in [0.05, 0.1) is 5.56 Å². The highest BCUT2D eigenvalue weighted by atomic mass is 19.2. The van der Waals surface area contributed by atoms with Crippen LogP contribution in [-0.4, -0.2) is 5.97 Å². The minimum atomic E-state index is -2.25. The number of unbranched alkanes of at least 4 members (excludes halogenated alkanes) is 4. The Morgan fingerprint density at radius 1 is 0.647 bits per heavy atom. The number of ether oxygens (including phenoxy) is 1. The third-order valence-electron chi connectivity index (χ3n) is 4.89. The van der Waals surface area contributed by atoms with Crippen LogP contribution in [0.2, 0.25) is 0 Å². The smallest absolute Gasteiger partial charge is 0.306 e. The zero-order chi connectivity index (χ0) is 25.2. The zero-order valence-electron chi connectivity index (χ0n) is 19.6. The molecule has 188 valence electrons. The lowest BCUT2D eigenvalue weighted by atomic mass is 10.2. The standard InChI is InChI=1S/C27H33F5O2/c1-2-3-4-5-6-7-8-9-10-11-12-13-14-15-16-17-18-19-22(33)34-20-21-23(28)25(30)27(32)26(31)24(21)29/h6-7,9-10,12-13,15-16H,2-5,8,11,14,17-20H2,1H3/b7-6+,10-9-,13-12-,16-15-. The summed E-state index contributed by atoms with van der Waals surface area (Å²) < 4.78 is 71.0. The van der Waals surface area contributed by atoms with E-state index in [0.717, 1.165) is 25.7 Å². The highest BCUT2D eigenvalue weighted by molar-refractivity contribution is 5.69. The maximum absolute atomic E-state index is 13.5. The van der Waals surface area contributed by atoms with Gasteiger partial charge in [-0.15, -0.1) is 0 Å². The molecule has 34 heavy (non-hydrogen) atoms. The van der Waals surface area contributed by atoms with E-state index in [0.29, 0.717) is 12.8 Å². The first-order valence-electron chi connectivity index (χ1n) is 11.7. The first-order chi connectivity index (χ1) is 16.4. The SMILES string of the molecule is CCCCC/C=C/C/C=C\C/C=C\C/C=C\CCCC(=O)OCc1c(F)c(F)c(F)c(F)c1F. The summed E-state index contributed by atoms with van der Waals surface area (Å²) in [5.41, 5.74) is -1.16. The lowest BCUT2D eigenvalue weighted by Crippen LogP contribution is -2.11. The minimum absolute atomic E-state index is 0.0343. The molecular weight excluding hydrogens is 451 g/mol. The number of hydrogen-bond acceptors (Lipinski definition) is 2. The van der Waals surface area contributed by atoms with Gasteiger partial charge >= 0.3 is 5.97 Å². The molecule has 1 aromatic rings. The van der Waals surface area contributed by atoms with E-state index in [1.165, 1.54) is 19.3 Å². The number of halogens is 5. The Hall–Kier alpha value is -2.70. The molecule has 2 nitrogen and oxygen atoms in total. The number of esters is 1. The number of allylic oxidation sites excluding steroid dienone is 8. The second kappa shape index (κ2) is 17.7. The monoisotopic (exact) mass is 484 g/mol. The van der Waals surface area contributed by atoms with Crippen LogP contribution >= 0.6 is 0 Å². The summed E-state index contributed by atoms with van der Waals surface area (Å²) in [5, 5.41) is 0. The molecule has 0 unspecified atom stereocenters. The van der Waals surface area contributed by atoms with Gasteiger partial charge in [0, 0.05) is 6.42 Å². The lowest BCUT2D eigenvalue weighted by Gasteiger charge is -2.09. The number of benzene rings is 1. The van der Waals surface area contributed by atoms with Crippen molar-refractivity contribution in [3.8, 4) is 0 Å². The fraction of sp³-hybridized carbons (Fsp3) is 0.444. The normalized spacial score (nSPS) is 12.2. The van der Waals surface area contributed by atoms with E-state index >= 15 is 0 Å². The summed E-state index contributed by atoms with van der Waals surface area (Å²) in [6, 6.07) is 0. The fourth-order valence-electron chi connectivity index (χ4n) is 2.93. The maximum atomic E-state index is 13.5. The van der Waals surface area contributed by atoms with Crippen LogP contribution < -0.4 is 0 Å². The Morgan fingerprint density at radius 2 is 1.09 bits per heavy atom. The Morgan fingerprint density at radius 3 is 1.59 bits per heavy atom. The van der Waals surface area contributed by atoms with Crippen LogP contribution in [0.15, 0.2) is 48.6 Å². The van der Waals surface area contributed by atoms with Gasteiger partial charge in [0.1, 0.15) is 6.61 Å². The zero-order valence-corrected chi connectivity index (χ0v) is 19.6. The van der Waals surface area contributed by atoms with Crippen LogP contribution in [0.1, 0.15) is 76.7 Å². The summed E-state index contributed by atoms with van der Waals surface area (Å²) in [6.45, 7) is 1.18. The largest absolute Gasteiger partial charge is 0.461 e. The Kier molecular flexibility index (Phi) is 15.3. The third kappa shape index (κ3) is 11.4. The van der Waals surface area contributed by atoms with Gasteiger partial charge in [0.2, 0.25) is 5.82 Å². The van der Waals surface area contributed by atoms with E-state index in [2.05, 4.69) is 42.0 Å². The van der Waals surface area contributed by atoms with Crippen molar-refractivity contribution in [2.75, 3.05) is 0 Å². The number of hydrogen-bond donors (Lipinski definition) is 0. The van der Waals surface area contributed by atoms with Crippen molar-refractivity contribution >= 4 is 5.97 Å². The van der Waals surface area contributed by atoms with Crippen LogP contribution in [0.25, 0.3) is 0 Å². The molecule has 0 aromatic heterocycles. The molecule has 0 amide bonds. The van der Waals surface area contributed by atoms with Gasteiger partial charge < -0.3 is 4.74 Å². The molecule has 0 saturated carbocycles. The molecule has 0 N–H and O–H groups in total. The van der Waals surface area contributed by atoms with Crippen molar-refractivity contribution in [2.45, 2.75) is 77.7 Å². The van der Waals surface area contributed by atoms with Crippen LogP contribution in [0, 0.1) is 29.1 Å². The molecule has 0 atom stereocenters. The second-order valence-corrected chi connectivity index (χ2v) is 7.69. The highest BCUT2D eigenvalue weighted by Crippen LogP contribution is 2.23. The Labute approximate surface area is 198 Å². The molecule has 7 heteroatoms. The first-order valence-corrected chi connectivity index (χ1v) is 11.7. The van der Waals surface area contributed by atoms with E-state index in [1.54, 1.807) is 0 Å². The number of rotatable bonds is 16. The average molecular weight is 485 g/mol. The van der Waals surface area contributed by atoms with Gasteiger partial charge in [-0.2, -0.15) is 0 Å². The molecule has 0 aliphatic rings. The van der Waals surface area contributed by atoms with Gasteiger partial charge in [-0.3, -0.25) is 4.79 Å². The minimum Gasteiger partial charge on any atom is -0.461 e. The molecule has 0 bridgehead atoms. The number of carbonyl (C=O) groups is 1. The van der Waals surface area contributed by atoms with Crippen LogP contribution in [-0.2, 0) is 16.1 Å². The van der Waals surface area contributed by atoms with Crippen molar-refractivity contribution in [2.24, 2.45) is 0 Å².